The molecule has 1 heterocycles. The van der Waals surface area contributed by atoms with Crippen LogP contribution < -0.4 is 10.6 Å². The number of aryl methyl sites for hydroxylation is 3. The molecular weight excluding hydrogens is 262 g/mol. The van der Waals surface area contributed by atoms with Crippen LogP contribution in [0.2, 0.25) is 0 Å². The summed E-state index contributed by atoms with van der Waals surface area (Å²) in [6.45, 7) is 9.69. The molecule has 0 saturated carbocycles. The Kier molecular flexibility index (Phi) is 4.89. The van der Waals surface area contributed by atoms with Crippen molar-refractivity contribution in [3.8, 4) is 0 Å². The molecule has 0 aliphatic carbocycles. The van der Waals surface area contributed by atoms with Crippen LogP contribution in [0.25, 0.3) is 10.9 Å². The fourth-order valence-electron chi connectivity index (χ4n) is 2.68. The Balaban J connectivity index is 2.25. The molecule has 0 aliphatic rings. The normalized spacial score (nSPS) is 10.9. The molecule has 0 spiro atoms. The first kappa shape index (κ1) is 15.4. The third kappa shape index (κ3) is 3.38. The minimum Gasteiger partial charge on any atom is -0.358 e. The molecule has 1 aromatic heterocycles. The smallest absolute Gasteiger partial charge is 0.315 e. The second-order valence-electron chi connectivity index (χ2n) is 5.54. The summed E-state index contributed by atoms with van der Waals surface area (Å²) >= 11 is 0. The number of benzene rings is 1. The third-order valence-corrected chi connectivity index (χ3v) is 3.83. The van der Waals surface area contributed by atoms with E-state index in [1.165, 1.54) is 22.2 Å². The van der Waals surface area contributed by atoms with E-state index >= 15 is 0 Å². The maximum Gasteiger partial charge on any atom is 0.315 e. The summed E-state index contributed by atoms with van der Waals surface area (Å²) < 4.78 is 0. The van der Waals surface area contributed by atoms with Crippen LogP contribution in [0.4, 0.5) is 4.79 Å². The zero-order valence-corrected chi connectivity index (χ0v) is 13.4. The summed E-state index contributed by atoms with van der Waals surface area (Å²) in [6.07, 6.45) is 1.93. The molecule has 2 amide bonds. The number of H-pyrrole nitrogens is 1. The molecule has 3 N–H and O–H groups in total. The van der Waals surface area contributed by atoms with Crippen LogP contribution in [-0.4, -0.2) is 17.6 Å². The van der Waals surface area contributed by atoms with E-state index < -0.39 is 0 Å². The van der Waals surface area contributed by atoms with E-state index in [2.05, 4.69) is 48.5 Å². The van der Waals surface area contributed by atoms with Crippen molar-refractivity contribution in [2.75, 3.05) is 6.54 Å². The molecule has 0 radical (unpaired) electrons. The molecule has 0 bridgehead atoms. The predicted octanol–water partition coefficient (Wildman–Crippen LogP) is 3.56. The number of hydrogen-bond donors (Lipinski definition) is 3. The second kappa shape index (κ2) is 6.66. The van der Waals surface area contributed by atoms with E-state index in [4.69, 9.17) is 0 Å². The molecule has 0 aliphatic heterocycles. The van der Waals surface area contributed by atoms with Gasteiger partial charge in [-0.1, -0.05) is 25.5 Å². The van der Waals surface area contributed by atoms with E-state index in [1.54, 1.807) is 0 Å². The number of amides is 2. The number of nitrogens with one attached hydrogen (secondary N) is 3. The predicted molar refractivity (Wildman–Crippen MR) is 87.7 cm³/mol. The number of fused-ring (bicyclic) bond motifs is 1. The first-order valence-corrected chi connectivity index (χ1v) is 7.69. The van der Waals surface area contributed by atoms with Crippen molar-refractivity contribution in [2.24, 2.45) is 0 Å². The zero-order valence-electron chi connectivity index (χ0n) is 13.4. The van der Waals surface area contributed by atoms with E-state index in [1.807, 2.05) is 6.92 Å². The number of rotatable bonds is 5. The van der Waals surface area contributed by atoms with Gasteiger partial charge in [0, 0.05) is 24.2 Å². The van der Waals surface area contributed by atoms with Gasteiger partial charge in [0.1, 0.15) is 0 Å². The van der Waals surface area contributed by atoms with E-state index in [0.717, 1.165) is 23.9 Å². The quantitative estimate of drug-likeness (QED) is 0.774. The van der Waals surface area contributed by atoms with Gasteiger partial charge in [-0.3, -0.25) is 0 Å². The first-order valence-electron chi connectivity index (χ1n) is 7.69. The van der Waals surface area contributed by atoms with Crippen molar-refractivity contribution in [1.29, 1.82) is 0 Å². The molecule has 114 valence electrons. The first-order chi connectivity index (χ1) is 10.1. The maximum atomic E-state index is 11.7. The van der Waals surface area contributed by atoms with Gasteiger partial charge in [0.15, 0.2) is 0 Å². The Labute approximate surface area is 126 Å². The van der Waals surface area contributed by atoms with Crippen molar-refractivity contribution in [1.82, 2.24) is 15.6 Å². The Hall–Kier alpha value is -1.97. The van der Waals surface area contributed by atoms with Crippen molar-refractivity contribution < 1.29 is 4.79 Å². The van der Waals surface area contributed by atoms with Gasteiger partial charge < -0.3 is 15.6 Å². The highest BCUT2D eigenvalue weighted by molar-refractivity contribution is 5.88. The summed E-state index contributed by atoms with van der Waals surface area (Å²) in [4.78, 5) is 15.2. The minimum atomic E-state index is -0.106. The van der Waals surface area contributed by atoms with Crippen LogP contribution in [0.3, 0.4) is 0 Å². The van der Waals surface area contributed by atoms with E-state index in [0.29, 0.717) is 13.1 Å². The highest BCUT2D eigenvalue weighted by Crippen LogP contribution is 2.26. The second-order valence-corrected chi connectivity index (χ2v) is 5.54. The number of aromatic amines is 1. The molecule has 21 heavy (non-hydrogen) atoms. The Morgan fingerprint density at radius 3 is 2.62 bits per heavy atom. The van der Waals surface area contributed by atoms with Gasteiger partial charge >= 0.3 is 6.03 Å². The van der Waals surface area contributed by atoms with Crippen molar-refractivity contribution in [3.05, 3.63) is 34.5 Å². The molecule has 4 heteroatoms. The Morgan fingerprint density at radius 2 is 1.95 bits per heavy atom. The molecule has 2 rings (SSSR count). The van der Waals surface area contributed by atoms with Crippen LogP contribution in [0.1, 0.15) is 42.7 Å². The lowest BCUT2D eigenvalue weighted by atomic mass is 10.0. The maximum absolute atomic E-state index is 11.7. The average molecular weight is 287 g/mol. The van der Waals surface area contributed by atoms with Crippen LogP contribution in [0.15, 0.2) is 12.1 Å². The van der Waals surface area contributed by atoms with Gasteiger partial charge in [-0.2, -0.15) is 0 Å². The van der Waals surface area contributed by atoms with Crippen LogP contribution in [-0.2, 0) is 13.0 Å². The van der Waals surface area contributed by atoms with Crippen LogP contribution in [0, 0.1) is 13.8 Å². The zero-order chi connectivity index (χ0) is 15.4. The highest BCUT2D eigenvalue weighted by Gasteiger charge is 2.11. The van der Waals surface area contributed by atoms with Crippen molar-refractivity contribution in [3.63, 3.8) is 0 Å². The monoisotopic (exact) mass is 287 g/mol. The summed E-state index contributed by atoms with van der Waals surface area (Å²) in [5.74, 6) is 0. The van der Waals surface area contributed by atoms with Crippen LogP contribution in [0.5, 0.6) is 0 Å². The largest absolute Gasteiger partial charge is 0.358 e. The minimum absolute atomic E-state index is 0.106. The third-order valence-electron chi connectivity index (χ3n) is 3.83. The molecule has 0 saturated heterocycles. The summed E-state index contributed by atoms with van der Waals surface area (Å²) in [7, 11) is 0. The van der Waals surface area contributed by atoms with E-state index in [-0.39, 0.29) is 6.03 Å². The molecule has 1 aromatic carbocycles. The van der Waals surface area contributed by atoms with E-state index in [9.17, 15) is 4.79 Å². The highest BCUT2D eigenvalue weighted by atomic mass is 16.2. The molecule has 0 atom stereocenters. The standard InChI is InChI=1S/C17H25N3O/c1-5-7-18-17(21)19-10-13-8-11(3)9-14-12(4)15(6-2)20-16(13)14/h8-9,20H,5-7,10H2,1-4H3,(H2,18,19,21). The molecule has 2 aromatic rings. The topological polar surface area (TPSA) is 56.9 Å². The number of carbonyl (C=O) groups is 1. The Morgan fingerprint density at radius 1 is 1.19 bits per heavy atom. The lowest BCUT2D eigenvalue weighted by Gasteiger charge is -2.09. The number of urea groups is 1. The number of hydrogen-bond acceptors (Lipinski definition) is 1. The number of carbonyl (C=O) groups excluding carboxylic acids is 1. The van der Waals surface area contributed by atoms with Crippen LogP contribution >= 0.6 is 0 Å². The van der Waals surface area contributed by atoms with Gasteiger partial charge in [0.2, 0.25) is 0 Å². The molecular formula is C17H25N3O. The fourth-order valence-corrected chi connectivity index (χ4v) is 2.68. The fraction of sp³-hybridized carbons (Fsp3) is 0.471. The van der Waals surface area contributed by atoms with Gasteiger partial charge in [0.25, 0.3) is 0 Å². The SMILES string of the molecule is CCCNC(=O)NCc1cc(C)cc2c(C)c(CC)[nH]c12. The molecule has 0 fully saturated rings. The summed E-state index contributed by atoms with van der Waals surface area (Å²) in [5.41, 5.74) is 6.09. The lowest BCUT2D eigenvalue weighted by molar-refractivity contribution is 0.240. The van der Waals surface area contributed by atoms with Crippen molar-refractivity contribution in [2.45, 2.75) is 47.1 Å². The van der Waals surface area contributed by atoms with Crippen molar-refractivity contribution >= 4 is 16.9 Å². The number of aromatic nitrogens is 1. The van der Waals surface area contributed by atoms with Gasteiger partial charge in [-0.05, 0) is 43.9 Å². The average Bonchev–Trinajstić information content (AvgIpc) is 2.79. The van der Waals surface area contributed by atoms with Gasteiger partial charge in [-0.15, -0.1) is 0 Å². The van der Waals surface area contributed by atoms with Gasteiger partial charge in [0.05, 0.1) is 5.52 Å². The Bertz CT molecular complexity index is 643. The molecule has 0 unspecified atom stereocenters. The molecule has 4 nitrogen and oxygen atoms in total. The summed E-state index contributed by atoms with van der Waals surface area (Å²) in [5, 5.41) is 7.02. The summed E-state index contributed by atoms with van der Waals surface area (Å²) in [6, 6.07) is 4.24. The van der Waals surface area contributed by atoms with Gasteiger partial charge in [-0.25, -0.2) is 4.79 Å². The lowest BCUT2D eigenvalue weighted by Crippen LogP contribution is -2.35.